The first-order chi connectivity index (χ1) is 14.2. The van der Waals surface area contributed by atoms with Crippen LogP contribution in [0.25, 0.3) is 0 Å². The fourth-order valence-corrected chi connectivity index (χ4v) is 3.51. The summed E-state index contributed by atoms with van der Waals surface area (Å²) in [7, 11) is 0. The Kier molecular flexibility index (Phi) is 7.33. The second-order valence-corrected chi connectivity index (χ2v) is 7.33. The van der Waals surface area contributed by atoms with Crippen LogP contribution in [0.5, 0.6) is 0 Å². The van der Waals surface area contributed by atoms with Gasteiger partial charge >= 0.3 is 0 Å². The smallest absolute Gasteiger partial charge is 0.167 e. The highest BCUT2D eigenvalue weighted by atomic mass is 16.1. The Balaban J connectivity index is 1.95. The summed E-state index contributed by atoms with van der Waals surface area (Å²) < 4.78 is 0. The van der Waals surface area contributed by atoms with Gasteiger partial charge < -0.3 is 0 Å². The molecule has 3 nitrogen and oxygen atoms in total. The van der Waals surface area contributed by atoms with Gasteiger partial charge in [-0.1, -0.05) is 91.0 Å². The molecule has 0 aromatic heterocycles. The Morgan fingerprint density at radius 2 is 1.21 bits per heavy atom. The van der Waals surface area contributed by atoms with Crippen molar-refractivity contribution >= 4 is 5.78 Å². The summed E-state index contributed by atoms with van der Waals surface area (Å²) >= 11 is 0. The van der Waals surface area contributed by atoms with Crippen molar-refractivity contribution in [2.75, 3.05) is 0 Å². The average Bonchev–Trinajstić information content (AvgIpc) is 2.78. The van der Waals surface area contributed by atoms with E-state index in [0.29, 0.717) is 19.5 Å². The predicted octanol–water partition coefficient (Wildman–Crippen LogP) is 5.03. The molecular formula is C26H26N2O. The lowest BCUT2D eigenvalue weighted by Gasteiger charge is -2.32. The van der Waals surface area contributed by atoms with E-state index in [2.05, 4.69) is 35.2 Å². The average molecular weight is 383 g/mol. The third-order valence-electron chi connectivity index (χ3n) is 5.12. The maximum Gasteiger partial charge on any atom is 0.167 e. The van der Waals surface area contributed by atoms with Crippen molar-refractivity contribution in [1.82, 2.24) is 4.90 Å². The zero-order valence-corrected chi connectivity index (χ0v) is 16.7. The molecule has 3 rings (SSSR count). The monoisotopic (exact) mass is 382 g/mol. The van der Waals surface area contributed by atoms with Crippen LogP contribution in [0.15, 0.2) is 91.0 Å². The molecule has 0 bridgehead atoms. The van der Waals surface area contributed by atoms with Crippen molar-refractivity contribution in [1.29, 1.82) is 5.26 Å². The first-order valence-corrected chi connectivity index (χ1v) is 9.96. The molecule has 0 fully saturated rings. The number of benzene rings is 3. The zero-order valence-electron chi connectivity index (χ0n) is 16.7. The van der Waals surface area contributed by atoms with Gasteiger partial charge in [0.1, 0.15) is 5.92 Å². The Labute approximate surface area is 173 Å². The Morgan fingerprint density at radius 3 is 1.62 bits per heavy atom. The van der Waals surface area contributed by atoms with E-state index in [4.69, 9.17) is 0 Å². The van der Waals surface area contributed by atoms with Gasteiger partial charge in [-0.2, -0.15) is 5.26 Å². The van der Waals surface area contributed by atoms with Gasteiger partial charge in [0.25, 0.3) is 0 Å². The minimum absolute atomic E-state index is 0.0248. The molecule has 0 aliphatic heterocycles. The molecule has 3 aromatic carbocycles. The summed E-state index contributed by atoms with van der Waals surface area (Å²) in [5.74, 6) is -0.666. The van der Waals surface area contributed by atoms with Gasteiger partial charge in [0.15, 0.2) is 5.78 Å². The summed E-state index contributed by atoms with van der Waals surface area (Å²) in [5.41, 5.74) is 3.40. The molecule has 0 saturated heterocycles. The number of nitriles is 1. The molecular weight excluding hydrogens is 356 g/mol. The molecule has 0 amide bonds. The molecule has 0 N–H and O–H groups in total. The standard InChI is InChI=1S/C26H26N2O/c1-21(18-27)26(29)25(17-22-11-5-2-6-12-22)28(19-23-13-7-3-8-14-23)20-24-15-9-4-10-16-24/h2-16,21,25H,17,19-20H2,1H3/t21?,25-/m0/s1. The lowest BCUT2D eigenvalue weighted by Crippen LogP contribution is -2.44. The number of hydrogen-bond acceptors (Lipinski definition) is 3. The maximum atomic E-state index is 13.2. The molecule has 0 aliphatic carbocycles. The van der Waals surface area contributed by atoms with Gasteiger partial charge in [-0.3, -0.25) is 9.69 Å². The molecule has 0 heterocycles. The lowest BCUT2D eigenvalue weighted by molar-refractivity contribution is -0.126. The SMILES string of the molecule is CC(C#N)C(=O)[C@H](Cc1ccccc1)N(Cc1ccccc1)Cc1ccccc1. The van der Waals surface area contributed by atoms with Crippen LogP contribution in [-0.4, -0.2) is 16.7 Å². The van der Waals surface area contributed by atoms with Crippen LogP contribution in [0.4, 0.5) is 0 Å². The van der Waals surface area contributed by atoms with Crippen LogP contribution in [0, 0.1) is 17.2 Å². The summed E-state index contributed by atoms with van der Waals surface area (Å²) in [6.45, 7) is 3.00. The molecule has 0 aliphatic rings. The van der Waals surface area contributed by atoms with Crippen LogP contribution in [0.1, 0.15) is 23.6 Å². The van der Waals surface area contributed by atoms with Crippen molar-refractivity contribution in [3.63, 3.8) is 0 Å². The second kappa shape index (κ2) is 10.4. The van der Waals surface area contributed by atoms with Crippen molar-refractivity contribution in [2.45, 2.75) is 32.5 Å². The van der Waals surface area contributed by atoms with Crippen LogP contribution in [-0.2, 0) is 24.3 Å². The van der Waals surface area contributed by atoms with E-state index < -0.39 is 5.92 Å². The number of carbonyl (C=O) groups is 1. The molecule has 0 radical (unpaired) electrons. The number of ketones is 1. The topological polar surface area (TPSA) is 44.1 Å². The maximum absolute atomic E-state index is 13.2. The molecule has 0 spiro atoms. The normalized spacial score (nSPS) is 12.9. The summed E-state index contributed by atoms with van der Waals surface area (Å²) in [6.07, 6.45) is 0.589. The van der Waals surface area contributed by atoms with Gasteiger partial charge in [-0.15, -0.1) is 0 Å². The Bertz CT molecular complexity index is 891. The number of nitrogens with zero attached hydrogens (tertiary/aromatic N) is 2. The minimum Gasteiger partial charge on any atom is -0.296 e. The van der Waals surface area contributed by atoms with Gasteiger partial charge in [0, 0.05) is 13.1 Å². The molecule has 29 heavy (non-hydrogen) atoms. The number of rotatable bonds is 9. The number of carbonyl (C=O) groups excluding carboxylic acids is 1. The molecule has 0 saturated carbocycles. The van der Waals surface area contributed by atoms with Crippen molar-refractivity contribution in [2.24, 2.45) is 5.92 Å². The van der Waals surface area contributed by atoms with E-state index in [9.17, 15) is 10.1 Å². The van der Waals surface area contributed by atoms with Crippen LogP contribution >= 0.6 is 0 Å². The summed E-state index contributed by atoms with van der Waals surface area (Å²) in [6, 6.07) is 32.2. The molecule has 1 unspecified atom stereocenters. The van der Waals surface area contributed by atoms with E-state index in [0.717, 1.165) is 16.7 Å². The Morgan fingerprint density at radius 1 is 0.793 bits per heavy atom. The summed E-state index contributed by atoms with van der Waals surface area (Å²) in [4.78, 5) is 15.4. The van der Waals surface area contributed by atoms with E-state index in [1.54, 1.807) is 6.92 Å². The molecule has 2 atom stereocenters. The Hall–Kier alpha value is -3.22. The van der Waals surface area contributed by atoms with E-state index in [-0.39, 0.29) is 11.8 Å². The van der Waals surface area contributed by atoms with Crippen LogP contribution < -0.4 is 0 Å². The molecule has 3 heteroatoms. The predicted molar refractivity (Wildman–Crippen MR) is 116 cm³/mol. The molecule has 3 aromatic rings. The van der Waals surface area contributed by atoms with Crippen LogP contribution in [0.3, 0.4) is 0 Å². The van der Waals surface area contributed by atoms with Gasteiger partial charge in [0.2, 0.25) is 0 Å². The van der Waals surface area contributed by atoms with Crippen LogP contribution in [0.2, 0.25) is 0 Å². The fourth-order valence-electron chi connectivity index (χ4n) is 3.51. The van der Waals surface area contributed by atoms with Gasteiger partial charge in [-0.05, 0) is 30.0 Å². The second-order valence-electron chi connectivity index (χ2n) is 7.33. The zero-order chi connectivity index (χ0) is 20.5. The van der Waals surface area contributed by atoms with E-state index in [1.165, 1.54) is 0 Å². The first-order valence-electron chi connectivity index (χ1n) is 9.96. The number of hydrogen-bond donors (Lipinski definition) is 0. The van der Waals surface area contributed by atoms with E-state index in [1.807, 2.05) is 66.7 Å². The minimum atomic E-state index is -0.641. The first kappa shape index (κ1) is 20.5. The summed E-state index contributed by atoms with van der Waals surface area (Å²) in [5, 5.41) is 9.39. The van der Waals surface area contributed by atoms with Gasteiger partial charge in [0.05, 0.1) is 12.1 Å². The molecule has 146 valence electrons. The van der Waals surface area contributed by atoms with Crippen molar-refractivity contribution < 1.29 is 4.79 Å². The third kappa shape index (κ3) is 5.88. The number of Topliss-reactive ketones (excluding diaryl/α,β-unsaturated/α-hetero) is 1. The fraction of sp³-hybridized carbons (Fsp3) is 0.231. The highest BCUT2D eigenvalue weighted by Crippen LogP contribution is 2.20. The van der Waals surface area contributed by atoms with E-state index >= 15 is 0 Å². The highest BCUT2D eigenvalue weighted by molar-refractivity contribution is 5.88. The van der Waals surface area contributed by atoms with Crippen molar-refractivity contribution in [3.8, 4) is 6.07 Å². The third-order valence-corrected chi connectivity index (χ3v) is 5.12. The largest absolute Gasteiger partial charge is 0.296 e. The lowest BCUT2D eigenvalue weighted by atomic mass is 9.93. The van der Waals surface area contributed by atoms with Crippen molar-refractivity contribution in [3.05, 3.63) is 108 Å². The van der Waals surface area contributed by atoms with Gasteiger partial charge in [-0.25, -0.2) is 0 Å². The highest BCUT2D eigenvalue weighted by Gasteiger charge is 2.30. The quantitative estimate of drug-likeness (QED) is 0.521.